The Morgan fingerprint density at radius 1 is 1.31 bits per heavy atom. The highest BCUT2D eigenvalue weighted by Crippen LogP contribution is 2.34. The summed E-state index contributed by atoms with van der Waals surface area (Å²) in [4.78, 5) is 32.0. The van der Waals surface area contributed by atoms with E-state index in [1.807, 2.05) is 24.3 Å². The van der Waals surface area contributed by atoms with Gasteiger partial charge in [-0.2, -0.15) is 0 Å². The lowest BCUT2D eigenvalue weighted by Gasteiger charge is -2.25. The Balaban J connectivity index is 1.98. The summed E-state index contributed by atoms with van der Waals surface area (Å²) < 4.78 is 15.2. The molecular formula is C26H21ClI2N2O4S. The second-order valence-electron chi connectivity index (χ2n) is 7.73. The van der Waals surface area contributed by atoms with Gasteiger partial charge in [-0.25, -0.2) is 9.79 Å². The molecule has 3 aromatic rings. The summed E-state index contributed by atoms with van der Waals surface area (Å²) in [5.74, 6) is 0.151. The fourth-order valence-corrected chi connectivity index (χ4v) is 7.23. The molecule has 36 heavy (non-hydrogen) atoms. The molecule has 0 radical (unpaired) electrons. The third-order valence-electron chi connectivity index (χ3n) is 5.39. The number of hydrogen-bond donors (Lipinski definition) is 0. The van der Waals surface area contributed by atoms with Crippen LogP contribution in [0.25, 0.3) is 6.08 Å². The Bertz CT molecular complexity index is 1580. The first-order valence-corrected chi connectivity index (χ1v) is 14.3. The molecule has 10 heteroatoms. The molecular weight excluding hydrogens is 726 g/mol. The predicted molar refractivity (Wildman–Crippen MR) is 159 cm³/mol. The molecule has 2 aromatic carbocycles. The van der Waals surface area contributed by atoms with E-state index in [9.17, 15) is 9.59 Å². The monoisotopic (exact) mass is 746 g/mol. The smallest absolute Gasteiger partial charge is 0.338 e. The number of aromatic nitrogens is 1. The molecule has 0 aliphatic carbocycles. The zero-order valence-electron chi connectivity index (χ0n) is 19.4. The van der Waals surface area contributed by atoms with Gasteiger partial charge in [0.1, 0.15) is 18.4 Å². The van der Waals surface area contributed by atoms with E-state index in [4.69, 9.17) is 21.1 Å². The SMILES string of the molecule is C=CCOc1c(I)cc(I)cc1/C=c1\sc2n(c1=O)[C@@H](c1ccccc1Cl)C(C(=O)OCC)=C(C)N=2. The first-order valence-electron chi connectivity index (χ1n) is 10.9. The molecule has 6 nitrogen and oxygen atoms in total. The van der Waals surface area contributed by atoms with Crippen LogP contribution >= 0.6 is 68.1 Å². The number of thiazole rings is 1. The number of ether oxygens (including phenoxy) is 2. The van der Waals surface area contributed by atoms with Gasteiger partial charge in [-0.1, -0.05) is 53.8 Å². The van der Waals surface area contributed by atoms with Gasteiger partial charge in [-0.3, -0.25) is 9.36 Å². The number of halogens is 3. The maximum absolute atomic E-state index is 13.8. The second-order valence-corrected chi connectivity index (χ2v) is 11.6. The van der Waals surface area contributed by atoms with Crippen molar-refractivity contribution < 1.29 is 14.3 Å². The summed E-state index contributed by atoms with van der Waals surface area (Å²) in [6.07, 6.45) is 3.48. The fourth-order valence-electron chi connectivity index (χ4n) is 3.91. The Hall–Kier alpha value is -1.96. The number of esters is 1. The predicted octanol–water partition coefficient (Wildman–Crippen LogP) is 5.23. The molecule has 0 unspecified atom stereocenters. The molecule has 1 aliphatic heterocycles. The molecule has 186 valence electrons. The van der Waals surface area contributed by atoms with Crippen molar-refractivity contribution in [2.45, 2.75) is 19.9 Å². The highest BCUT2D eigenvalue weighted by Gasteiger charge is 2.34. The summed E-state index contributed by atoms with van der Waals surface area (Å²) in [6, 6.07) is 10.4. The number of fused-ring (bicyclic) bond motifs is 1. The highest BCUT2D eigenvalue weighted by atomic mass is 127. The molecule has 0 N–H and O–H groups in total. The van der Waals surface area contributed by atoms with E-state index < -0.39 is 12.0 Å². The van der Waals surface area contributed by atoms with Gasteiger partial charge in [0.2, 0.25) is 0 Å². The number of rotatable bonds is 7. The first-order chi connectivity index (χ1) is 17.3. The zero-order chi connectivity index (χ0) is 26.0. The standard InChI is InChI=1S/C26H21ClI2N2O4S/c1-4-10-35-23-15(11-16(28)13-19(23)29)12-20-24(32)31-22(17-8-6-7-9-18(17)27)21(25(33)34-5-2)14(3)30-26(31)36-20/h4,6-9,11-13,22H,1,5,10H2,2-3H3/b20-12-/t22-/m0/s1. The third-order valence-corrected chi connectivity index (χ3v) is 8.14. The number of allylic oxidation sites excluding steroid dienone is 1. The Morgan fingerprint density at radius 3 is 2.75 bits per heavy atom. The van der Waals surface area contributed by atoms with E-state index >= 15 is 0 Å². The van der Waals surface area contributed by atoms with Gasteiger partial charge < -0.3 is 9.47 Å². The normalized spacial score (nSPS) is 15.4. The van der Waals surface area contributed by atoms with Crippen LogP contribution in [0.3, 0.4) is 0 Å². The van der Waals surface area contributed by atoms with Crippen LogP contribution in [0.1, 0.15) is 31.0 Å². The van der Waals surface area contributed by atoms with Crippen LogP contribution in [0, 0.1) is 7.14 Å². The van der Waals surface area contributed by atoms with Gasteiger partial charge in [0.15, 0.2) is 4.80 Å². The van der Waals surface area contributed by atoms with Crippen LogP contribution in [-0.2, 0) is 9.53 Å². The summed E-state index contributed by atoms with van der Waals surface area (Å²) >= 11 is 12.3. The van der Waals surface area contributed by atoms with Crippen molar-refractivity contribution in [3.63, 3.8) is 0 Å². The van der Waals surface area contributed by atoms with E-state index in [1.165, 1.54) is 15.9 Å². The van der Waals surface area contributed by atoms with E-state index in [0.717, 1.165) is 12.7 Å². The number of carbonyl (C=O) groups excluding carboxylic acids is 1. The quantitative estimate of drug-likeness (QED) is 0.189. The lowest BCUT2D eigenvalue weighted by molar-refractivity contribution is -0.139. The molecule has 0 amide bonds. The van der Waals surface area contributed by atoms with Crippen molar-refractivity contribution in [1.29, 1.82) is 0 Å². The van der Waals surface area contributed by atoms with Gasteiger partial charge in [0, 0.05) is 14.2 Å². The van der Waals surface area contributed by atoms with Gasteiger partial charge in [0.25, 0.3) is 5.56 Å². The van der Waals surface area contributed by atoms with Crippen LogP contribution < -0.4 is 19.6 Å². The lowest BCUT2D eigenvalue weighted by atomic mass is 9.96. The van der Waals surface area contributed by atoms with Crippen LogP contribution in [0.2, 0.25) is 5.02 Å². The lowest BCUT2D eigenvalue weighted by Crippen LogP contribution is -2.40. The van der Waals surface area contributed by atoms with Gasteiger partial charge >= 0.3 is 5.97 Å². The average molecular weight is 747 g/mol. The zero-order valence-corrected chi connectivity index (χ0v) is 25.3. The van der Waals surface area contributed by atoms with E-state index in [2.05, 4.69) is 56.8 Å². The van der Waals surface area contributed by atoms with Crippen LogP contribution in [0.5, 0.6) is 5.75 Å². The number of hydrogen-bond acceptors (Lipinski definition) is 6. The molecule has 0 saturated carbocycles. The second kappa shape index (κ2) is 11.6. The molecule has 0 saturated heterocycles. The largest absolute Gasteiger partial charge is 0.488 e. The minimum Gasteiger partial charge on any atom is -0.488 e. The van der Waals surface area contributed by atoms with Crippen molar-refractivity contribution in [1.82, 2.24) is 4.57 Å². The summed E-state index contributed by atoms with van der Waals surface area (Å²) in [6.45, 7) is 7.75. The van der Waals surface area contributed by atoms with E-state index in [1.54, 1.807) is 38.1 Å². The van der Waals surface area contributed by atoms with Crippen molar-refractivity contribution in [3.05, 3.63) is 103 Å². The minimum atomic E-state index is -0.760. The molecule has 1 aliphatic rings. The summed E-state index contributed by atoms with van der Waals surface area (Å²) in [7, 11) is 0. The molecule has 0 spiro atoms. The molecule has 1 aromatic heterocycles. The maximum Gasteiger partial charge on any atom is 0.338 e. The number of benzene rings is 2. The Kier molecular flexibility index (Phi) is 8.74. The molecule has 2 heterocycles. The molecule has 1 atom stereocenters. The van der Waals surface area contributed by atoms with Crippen LogP contribution in [0.4, 0.5) is 0 Å². The first kappa shape index (κ1) is 27.1. The van der Waals surface area contributed by atoms with Crippen molar-refractivity contribution in [3.8, 4) is 5.75 Å². The van der Waals surface area contributed by atoms with E-state index in [-0.39, 0.29) is 12.2 Å². The summed E-state index contributed by atoms with van der Waals surface area (Å²) in [5.41, 5.74) is 1.91. The van der Waals surface area contributed by atoms with E-state index in [0.29, 0.717) is 43.5 Å². The minimum absolute atomic E-state index is 0.202. The summed E-state index contributed by atoms with van der Waals surface area (Å²) in [5, 5.41) is 0.445. The average Bonchev–Trinajstić information content (AvgIpc) is 3.12. The van der Waals surface area contributed by atoms with Gasteiger partial charge in [0.05, 0.1) is 26.0 Å². The molecule has 4 rings (SSSR count). The van der Waals surface area contributed by atoms with Gasteiger partial charge in [-0.15, -0.1) is 0 Å². The van der Waals surface area contributed by atoms with Crippen molar-refractivity contribution in [2.24, 2.45) is 4.99 Å². The fraction of sp³-hybridized carbons (Fsp3) is 0.192. The van der Waals surface area contributed by atoms with Gasteiger partial charge in [-0.05, 0) is 88.9 Å². The topological polar surface area (TPSA) is 69.9 Å². The van der Waals surface area contributed by atoms with Crippen LogP contribution in [-0.4, -0.2) is 23.8 Å². The van der Waals surface area contributed by atoms with Crippen LogP contribution in [0.15, 0.2) is 70.1 Å². The Morgan fingerprint density at radius 2 is 2.06 bits per heavy atom. The number of nitrogens with zero attached hydrogens (tertiary/aromatic N) is 2. The molecule has 0 bridgehead atoms. The van der Waals surface area contributed by atoms with Crippen molar-refractivity contribution in [2.75, 3.05) is 13.2 Å². The Labute approximate surface area is 244 Å². The number of carbonyl (C=O) groups is 1. The highest BCUT2D eigenvalue weighted by molar-refractivity contribution is 14.1. The van der Waals surface area contributed by atoms with Crippen molar-refractivity contribution >= 4 is 80.2 Å². The molecule has 0 fully saturated rings. The third kappa shape index (κ3) is 5.34. The maximum atomic E-state index is 13.8.